The maximum atomic E-state index is 13.4. The Hall–Kier alpha value is -1.56. The van der Waals surface area contributed by atoms with E-state index in [-0.39, 0.29) is 5.69 Å². The number of hydrogen-bond acceptors (Lipinski definition) is 5. The zero-order valence-corrected chi connectivity index (χ0v) is 11.1. The number of benzene rings is 1. The minimum absolute atomic E-state index is 0.117. The maximum Gasteiger partial charge on any atom is 0.258 e. The monoisotopic (exact) mass is 279 g/mol. The summed E-state index contributed by atoms with van der Waals surface area (Å²) in [5, 5.41) is 4.30. The van der Waals surface area contributed by atoms with E-state index in [2.05, 4.69) is 10.1 Å². The topological polar surface area (TPSA) is 64.9 Å². The average molecular weight is 279 g/mol. The van der Waals surface area contributed by atoms with E-state index < -0.39 is 5.82 Å². The second-order valence-electron chi connectivity index (χ2n) is 4.55. The third-order valence-corrected chi connectivity index (χ3v) is 4.53. The fourth-order valence-corrected chi connectivity index (χ4v) is 3.32. The van der Waals surface area contributed by atoms with Gasteiger partial charge in [0.25, 0.3) is 5.89 Å². The van der Waals surface area contributed by atoms with Gasteiger partial charge in [-0.2, -0.15) is 16.7 Å². The molecule has 0 radical (unpaired) electrons. The molecule has 6 heteroatoms. The van der Waals surface area contributed by atoms with Crippen molar-refractivity contribution in [2.24, 2.45) is 0 Å². The molecule has 1 fully saturated rings. The number of nitrogens with two attached hydrogens (primary N) is 1. The van der Waals surface area contributed by atoms with Crippen molar-refractivity contribution in [3.05, 3.63) is 29.8 Å². The van der Waals surface area contributed by atoms with E-state index in [1.165, 1.54) is 25.0 Å². The fraction of sp³-hybridized carbons (Fsp3) is 0.385. The SMILES string of the molecule is Nc1ccc(-c2nc(C3CCCCS3)no2)cc1F. The number of halogens is 1. The van der Waals surface area contributed by atoms with Crippen LogP contribution in [0.4, 0.5) is 10.1 Å². The molecule has 1 aliphatic rings. The van der Waals surface area contributed by atoms with Crippen molar-refractivity contribution < 1.29 is 8.91 Å². The molecule has 0 saturated carbocycles. The summed E-state index contributed by atoms with van der Waals surface area (Å²) in [6.07, 6.45) is 3.51. The summed E-state index contributed by atoms with van der Waals surface area (Å²) >= 11 is 1.85. The Balaban J connectivity index is 1.85. The highest BCUT2D eigenvalue weighted by Gasteiger charge is 2.22. The Morgan fingerprint density at radius 2 is 2.26 bits per heavy atom. The highest BCUT2D eigenvalue weighted by atomic mass is 32.2. The van der Waals surface area contributed by atoms with Crippen LogP contribution in [0.25, 0.3) is 11.5 Å². The molecule has 1 aliphatic heterocycles. The van der Waals surface area contributed by atoms with Crippen LogP contribution in [0.3, 0.4) is 0 Å². The fourth-order valence-electron chi connectivity index (χ4n) is 2.09. The van der Waals surface area contributed by atoms with Crippen LogP contribution in [-0.2, 0) is 0 Å². The van der Waals surface area contributed by atoms with E-state index in [0.29, 0.717) is 22.5 Å². The van der Waals surface area contributed by atoms with Gasteiger partial charge < -0.3 is 10.3 Å². The van der Waals surface area contributed by atoms with Gasteiger partial charge in [0.1, 0.15) is 5.82 Å². The van der Waals surface area contributed by atoms with E-state index >= 15 is 0 Å². The Morgan fingerprint density at radius 1 is 1.37 bits per heavy atom. The zero-order valence-electron chi connectivity index (χ0n) is 10.3. The first-order valence-corrected chi connectivity index (χ1v) is 7.29. The number of nitrogen functional groups attached to an aromatic ring is 1. The molecule has 19 heavy (non-hydrogen) atoms. The van der Waals surface area contributed by atoms with Gasteiger partial charge in [-0.25, -0.2) is 4.39 Å². The van der Waals surface area contributed by atoms with Crippen LogP contribution in [-0.4, -0.2) is 15.9 Å². The molecule has 2 N–H and O–H groups in total. The van der Waals surface area contributed by atoms with E-state index in [1.54, 1.807) is 6.07 Å². The second-order valence-corrected chi connectivity index (χ2v) is 5.86. The number of thioether (sulfide) groups is 1. The van der Waals surface area contributed by atoms with Crippen molar-refractivity contribution in [1.82, 2.24) is 10.1 Å². The van der Waals surface area contributed by atoms with E-state index in [1.807, 2.05) is 11.8 Å². The second kappa shape index (κ2) is 5.21. The van der Waals surface area contributed by atoms with Gasteiger partial charge in [0.05, 0.1) is 10.9 Å². The molecule has 3 rings (SSSR count). The molecule has 0 amide bonds. The lowest BCUT2D eigenvalue weighted by Crippen LogP contribution is -2.03. The van der Waals surface area contributed by atoms with Crippen molar-refractivity contribution in [3.63, 3.8) is 0 Å². The molecule has 2 heterocycles. The Labute approximate surface area is 114 Å². The highest BCUT2D eigenvalue weighted by Crippen LogP contribution is 2.37. The first kappa shape index (κ1) is 12.5. The lowest BCUT2D eigenvalue weighted by molar-refractivity contribution is 0.420. The molecular weight excluding hydrogens is 265 g/mol. The average Bonchev–Trinajstić information content (AvgIpc) is 2.93. The largest absolute Gasteiger partial charge is 0.396 e. The Kier molecular flexibility index (Phi) is 3.42. The van der Waals surface area contributed by atoms with Gasteiger partial charge in [-0.3, -0.25) is 0 Å². The van der Waals surface area contributed by atoms with E-state index in [9.17, 15) is 4.39 Å². The van der Waals surface area contributed by atoms with Gasteiger partial charge in [-0.1, -0.05) is 11.6 Å². The van der Waals surface area contributed by atoms with Crippen LogP contribution >= 0.6 is 11.8 Å². The lowest BCUT2D eigenvalue weighted by atomic mass is 10.2. The van der Waals surface area contributed by atoms with Crippen molar-refractivity contribution in [2.75, 3.05) is 11.5 Å². The first-order chi connectivity index (χ1) is 9.24. The van der Waals surface area contributed by atoms with Crippen LogP contribution in [0.15, 0.2) is 22.7 Å². The third kappa shape index (κ3) is 2.58. The normalized spacial score (nSPS) is 19.5. The predicted octanol–water partition coefficient (Wildman–Crippen LogP) is 3.42. The van der Waals surface area contributed by atoms with Gasteiger partial charge in [-0.15, -0.1) is 0 Å². The number of nitrogens with zero attached hydrogens (tertiary/aromatic N) is 2. The van der Waals surface area contributed by atoms with E-state index in [4.69, 9.17) is 10.3 Å². The molecule has 1 saturated heterocycles. The summed E-state index contributed by atoms with van der Waals surface area (Å²) in [5.41, 5.74) is 6.12. The standard InChI is InChI=1S/C13H14FN3OS/c14-9-7-8(4-5-10(9)15)13-16-12(17-18-13)11-3-1-2-6-19-11/h4-5,7,11H,1-3,6,15H2. The molecule has 100 valence electrons. The maximum absolute atomic E-state index is 13.4. The zero-order chi connectivity index (χ0) is 13.2. The van der Waals surface area contributed by atoms with Crippen LogP contribution < -0.4 is 5.73 Å². The molecule has 1 aromatic heterocycles. The van der Waals surface area contributed by atoms with E-state index in [0.717, 1.165) is 12.2 Å². The van der Waals surface area contributed by atoms with Gasteiger partial charge in [0.2, 0.25) is 0 Å². The summed E-state index contributed by atoms with van der Waals surface area (Å²) in [7, 11) is 0. The minimum atomic E-state index is -0.468. The Bertz CT molecular complexity index is 581. The number of aromatic nitrogens is 2. The molecular formula is C13H14FN3OS. The highest BCUT2D eigenvalue weighted by molar-refractivity contribution is 7.99. The molecule has 1 aromatic carbocycles. The number of anilines is 1. The van der Waals surface area contributed by atoms with Gasteiger partial charge in [-0.05, 0) is 36.8 Å². The van der Waals surface area contributed by atoms with Crippen molar-refractivity contribution >= 4 is 17.4 Å². The summed E-state index contributed by atoms with van der Waals surface area (Å²) in [6, 6.07) is 4.51. The van der Waals surface area contributed by atoms with Gasteiger partial charge >= 0.3 is 0 Å². The molecule has 1 atom stereocenters. The summed E-state index contributed by atoms with van der Waals surface area (Å²) in [4.78, 5) is 4.37. The number of rotatable bonds is 2. The van der Waals surface area contributed by atoms with Crippen molar-refractivity contribution in [3.8, 4) is 11.5 Å². The molecule has 2 aromatic rings. The minimum Gasteiger partial charge on any atom is -0.396 e. The third-order valence-electron chi connectivity index (χ3n) is 3.16. The smallest absolute Gasteiger partial charge is 0.258 e. The predicted molar refractivity (Wildman–Crippen MR) is 73.2 cm³/mol. The summed E-state index contributed by atoms with van der Waals surface area (Å²) < 4.78 is 18.6. The van der Waals surface area contributed by atoms with Gasteiger partial charge in [0.15, 0.2) is 5.82 Å². The van der Waals surface area contributed by atoms with Crippen LogP contribution in [0.1, 0.15) is 30.3 Å². The molecule has 1 unspecified atom stereocenters. The van der Waals surface area contributed by atoms with Crippen LogP contribution in [0.5, 0.6) is 0 Å². The Morgan fingerprint density at radius 3 is 3.00 bits per heavy atom. The summed E-state index contributed by atoms with van der Waals surface area (Å²) in [6.45, 7) is 0. The summed E-state index contributed by atoms with van der Waals surface area (Å²) in [5.74, 6) is 1.71. The first-order valence-electron chi connectivity index (χ1n) is 6.24. The number of hydrogen-bond donors (Lipinski definition) is 1. The molecule has 4 nitrogen and oxygen atoms in total. The van der Waals surface area contributed by atoms with Gasteiger partial charge in [0, 0.05) is 5.56 Å². The van der Waals surface area contributed by atoms with Crippen molar-refractivity contribution in [1.29, 1.82) is 0 Å². The lowest BCUT2D eigenvalue weighted by Gasteiger charge is -2.17. The van der Waals surface area contributed by atoms with Crippen LogP contribution in [0.2, 0.25) is 0 Å². The molecule has 0 spiro atoms. The quantitative estimate of drug-likeness (QED) is 0.853. The molecule has 0 bridgehead atoms. The molecule has 0 aliphatic carbocycles. The van der Waals surface area contributed by atoms with Crippen molar-refractivity contribution in [2.45, 2.75) is 24.5 Å². The van der Waals surface area contributed by atoms with Crippen LogP contribution in [0, 0.1) is 5.82 Å².